The van der Waals surface area contributed by atoms with E-state index >= 15 is 0 Å². The quantitative estimate of drug-likeness (QED) is 0.587. The van der Waals surface area contributed by atoms with Gasteiger partial charge in [-0.2, -0.15) is 0 Å². The zero-order valence-corrected chi connectivity index (χ0v) is 17.2. The monoisotopic (exact) mass is 452 g/mol. The second-order valence-electron chi connectivity index (χ2n) is 5.66. The van der Waals surface area contributed by atoms with Crippen molar-refractivity contribution in [3.63, 3.8) is 0 Å². The topological polar surface area (TPSA) is 110 Å². The molecule has 0 aliphatic rings. The predicted octanol–water partition coefficient (Wildman–Crippen LogP) is 3.85. The SMILES string of the molecule is COc1cc(NS(=O)(=O)c2ccc(NC(=O)c3ccc(Cl)c(Cl)c3)cc2)ncn1. The summed E-state index contributed by atoms with van der Waals surface area (Å²) in [6, 6.07) is 11.5. The van der Waals surface area contributed by atoms with Crippen molar-refractivity contribution in [3.8, 4) is 5.88 Å². The smallest absolute Gasteiger partial charge is 0.263 e. The Labute approximate surface area is 176 Å². The number of halogens is 2. The van der Waals surface area contributed by atoms with Crippen molar-refractivity contribution in [1.29, 1.82) is 0 Å². The molecule has 1 amide bonds. The maximum absolute atomic E-state index is 12.5. The predicted molar refractivity (Wildman–Crippen MR) is 110 cm³/mol. The van der Waals surface area contributed by atoms with Gasteiger partial charge in [-0.25, -0.2) is 18.4 Å². The highest BCUT2D eigenvalue weighted by Gasteiger charge is 2.16. The Kier molecular flexibility index (Phi) is 6.21. The lowest BCUT2D eigenvalue weighted by molar-refractivity contribution is 0.102. The van der Waals surface area contributed by atoms with Gasteiger partial charge in [-0.15, -0.1) is 0 Å². The number of ether oxygens (including phenoxy) is 1. The van der Waals surface area contributed by atoms with E-state index in [0.29, 0.717) is 16.3 Å². The van der Waals surface area contributed by atoms with E-state index in [9.17, 15) is 13.2 Å². The number of methoxy groups -OCH3 is 1. The molecule has 29 heavy (non-hydrogen) atoms. The number of aromatic nitrogens is 2. The molecule has 0 aliphatic carbocycles. The number of rotatable bonds is 6. The number of hydrogen-bond donors (Lipinski definition) is 2. The summed E-state index contributed by atoms with van der Waals surface area (Å²) >= 11 is 11.8. The molecule has 150 valence electrons. The van der Waals surface area contributed by atoms with Crippen LogP contribution in [0.15, 0.2) is 59.8 Å². The third-order valence-electron chi connectivity index (χ3n) is 3.69. The molecule has 0 atom stereocenters. The fourth-order valence-electron chi connectivity index (χ4n) is 2.26. The maximum Gasteiger partial charge on any atom is 0.263 e. The lowest BCUT2D eigenvalue weighted by atomic mass is 10.2. The number of nitrogens with zero attached hydrogens (tertiary/aromatic N) is 2. The molecule has 8 nitrogen and oxygen atoms in total. The Balaban J connectivity index is 1.73. The Hall–Kier alpha value is -2.88. The zero-order valence-electron chi connectivity index (χ0n) is 14.9. The molecular weight excluding hydrogens is 439 g/mol. The first-order chi connectivity index (χ1) is 13.8. The van der Waals surface area contributed by atoms with Gasteiger partial charge in [0, 0.05) is 17.3 Å². The van der Waals surface area contributed by atoms with Crippen molar-refractivity contribution < 1.29 is 17.9 Å². The van der Waals surface area contributed by atoms with Crippen LogP contribution in [0.5, 0.6) is 5.88 Å². The summed E-state index contributed by atoms with van der Waals surface area (Å²) in [7, 11) is -2.48. The van der Waals surface area contributed by atoms with Crippen LogP contribution in [-0.2, 0) is 10.0 Å². The standard InChI is InChI=1S/C18H14Cl2N4O4S/c1-28-17-9-16(21-10-22-17)24-29(26,27)13-5-3-12(4-6-13)23-18(25)11-2-7-14(19)15(20)8-11/h2-10H,1H3,(H,23,25)(H,21,22,24). The van der Waals surface area contributed by atoms with Gasteiger partial charge in [0.1, 0.15) is 12.1 Å². The first-order valence-corrected chi connectivity index (χ1v) is 10.3. The zero-order chi connectivity index (χ0) is 21.0. The van der Waals surface area contributed by atoms with E-state index < -0.39 is 15.9 Å². The van der Waals surface area contributed by atoms with Gasteiger partial charge >= 0.3 is 0 Å². The molecule has 2 aromatic carbocycles. The van der Waals surface area contributed by atoms with E-state index in [2.05, 4.69) is 20.0 Å². The van der Waals surface area contributed by atoms with Crippen LogP contribution in [0.3, 0.4) is 0 Å². The minimum absolute atomic E-state index is 0.0115. The Bertz CT molecular complexity index is 1150. The second-order valence-corrected chi connectivity index (χ2v) is 8.16. The van der Waals surface area contributed by atoms with Crippen molar-refractivity contribution in [3.05, 3.63) is 70.5 Å². The van der Waals surface area contributed by atoms with Gasteiger partial charge in [-0.05, 0) is 42.5 Å². The number of carbonyl (C=O) groups excluding carboxylic acids is 1. The Morgan fingerprint density at radius 2 is 1.72 bits per heavy atom. The minimum Gasteiger partial charge on any atom is -0.481 e. The van der Waals surface area contributed by atoms with Crippen molar-refractivity contribution >= 4 is 50.6 Å². The van der Waals surface area contributed by atoms with Gasteiger partial charge in [-0.1, -0.05) is 23.2 Å². The highest BCUT2D eigenvalue weighted by molar-refractivity contribution is 7.92. The number of amides is 1. The molecule has 0 spiro atoms. The van der Waals surface area contributed by atoms with Crippen LogP contribution in [0.4, 0.5) is 11.5 Å². The van der Waals surface area contributed by atoms with Gasteiger partial charge in [0.2, 0.25) is 5.88 Å². The molecule has 2 N–H and O–H groups in total. The van der Waals surface area contributed by atoms with Gasteiger partial charge < -0.3 is 10.1 Å². The Morgan fingerprint density at radius 1 is 1.00 bits per heavy atom. The van der Waals surface area contributed by atoms with Gasteiger partial charge in [0.25, 0.3) is 15.9 Å². The highest BCUT2D eigenvalue weighted by Crippen LogP contribution is 2.23. The molecule has 0 unspecified atom stereocenters. The summed E-state index contributed by atoms with van der Waals surface area (Å²) in [5.41, 5.74) is 0.721. The van der Waals surface area contributed by atoms with E-state index in [1.165, 1.54) is 62.0 Å². The minimum atomic E-state index is -3.89. The molecule has 0 saturated carbocycles. The van der Waals surface area contributed by atoms with Crippen LogP contribution >= 0.6 is 23.2 Å². The number of anilines is 2. The van der Waals surface area contributed by atoms with E-state index in [-0.39, 0.29) is 21.6 Å². The molecule has 0 saturated heterocycles. The first kappa shape index (κ1) is 20.8. The van der Waals surface area contributed by atoms with Crippen LogP contribution in [0.1, 0.15) is 10.4 Å². The molecule has 0 bridgehead atoms. The molecule has 0 aliphatic heterocycles. The normalized spacial score (nSPS) is 11.0. The van der Waals surface area contributed by atoms with Crippen LogP contribution in [-0.4, -0.2) is 31.4 Å². The average Bonchev–Trinajstić information content (AvgIpc) is 2.70. The number of nitrogens with one attached hydrogen (secondary N) is 2. The number of sulfonamides is 1. The third-order valence-corrected chi connectivity index (χ3v) is 5.80. The molecule has 11 heteroatoms. The highest BCUT2D eigenvalue weighted by atomic mass is 35.5. The molecule has 1 aromatic heterocycles. The van der Waals surface area contributed by atoms with E-state index in [4.69, 9.17) is 27.9 Å². The summed E-state index contributed by atoms with van der Waals surface area (Å²) < 4.78 is 32.3. The van der Waals surface area contributed by atoms with Gasteiger partial charge in [-0.3, -0.25) is 9.52 Å². The fraction of sp³-hybridized carbons (Fsp3) is 0.0556. The van der Waals surface area contributed by atoms with Gasteiger partial charge in [0.15, 0.2) is 0 Å². The maximum atomic E-state index is 12.5. The lowest BCUT2D eigenvalue weighted by Gasteiger charge is -2.10. The molecule has 1 heterocycles. The van der Waals surface area contributed by atoms with Crippen molar-refractivity contribution in [2.24, 2.45) is 0 Å². The molecular formula is C18H14Cl2N4O4S. The van der Waals surface area contributed by atoms with Crippen LogP contribution in [0.2, 0.25) is 10.0 Å². The van der Waals surface area contributed by atoms with Gasteiger partial charge in [0.05, 0.1) is 22.1 Å². The summed E-state index contributed by atoms with van der Waals surface area (Å²) in [5, 5.41) is 3.25. The second kappa shape index (κ2) is 8.64. The number of benzene rings is 2. The summed E-state index contributed by atoms with van der Waals surface area (Å²) in [6.45, 7) is 0. The number of hydrogen-bond acceptors (Lipinski definition) is 6. The molecule has 0 fully saturated rings. The van der Waals surface area contributed by atoms with Crippen molar-refractivity contribution in [2.45, 2.75) is 4.90 Å². The summed E-state index contributed by atoms with van der Waals surface area (Å²) in [6.07, 6.45) is 1.18. The summed E-state index contributed by atoms with van der Waals surface area (Å²) in [4.78, 5) is 19.9. The van der Waals surface area contributed by atoms with E-state index in [1.54, 1.807) is 0 Å². The average molecular weight is 453 g/mol. The fourth-order valence-corrected chi connectivity index (χ4v) is 3.56. The van der Waals surface area contributed by atoms with Crippen molar-refractivity contribution in [1.82, 2.24) is 9.97 Å². The van der Waals surface area contributed by atoms with E-state index in [0.717, 1.165) is 0 Å². The first-order valence-electron chi connectivity index (χ1n) is 8.04. The lowest BCUT2D eigenvalue weighted by Crippen LogP contribution is -2.15. The summed E-state index contributed by atoms with van der Waals surface area (Å²) in [5.74, 6) is -0.128. The molecule has 0 radical (unpaired) electrons. The van der Waals surface area contributed by atoms with Crippen LogP contribution in [0.25, 0.3) is 0 Å². The number of carbonyl (C=O) groups is 1. The molecule has 3 aromatic rings. The van der Waals surface area contributed by atoms with E-state index in [1.807, 2.05) is 0 Å². The third kappa shape index (κ3) is 5.14. The largest absolute Gasteiger partial charge is 0.481 e. The van der Waals surface area contributed by atoms with Crippen LogP contribution in [0, 0.1) is 0 Å². The van der Waals surface area contributed by atoms with Crippen molar-refractivity contribution in [2.75, 3.05) is 17.1 Å². The van der Waals surface area contributed by atoms with Crippen LogP contribution < -0.4 is 14.8 Å². The molecule has 3 rings (SSSR count). The Morgan fingerprint density at radius 3 is 2.38 bits per heavy atom.